The Kier molecular flexibility index (Phi) is 11.7. The van der Waals surface area contributed by atoms with E-state index in [9.17, 15) is 9.59 Å². The van der Waals surface area contributed by atoms with Crippen molar-refractivity contribution in [1.29, 1.82) is 0 Å². The monoisotopic (exact) mass is 491 g/mol. The van der Waals surface area contributed by atoms with Crippen LogP contribution in [-0.2, 0) is 9.59 Å². The van der Waals surface area contributed by atoms with Gasteiger partial charge in [0.05, 0.1) is 13.2 Å². The van der Waals surface area contributed by atoms with Crippen molar-refractivity contribution < 1.29 is 29.3 Å². The van der Waals surface area contributed by atoms with Crippen LogP contribution in [0.25, 0.3) is 0 Å². The van der Waals surface area contributed by atoms with E-state index in [-0.39, 0.29) is 0 Å². The molecule has 2 aromatic rings. The van der Waals surface area contributed by atoms with E-state index in [1.54, 1.807) is 7.11 Å². The third-order valence-electron chi connectivity index (χ3n) is 4.45. The molecule has 0 spiro atoms. The molecule has 33 heavy (non-hydrogen) atoms. The van der Waals surface area contributed by atoms with Crippen LogP contribution in [0.15, 0.2) is 70.5 Å². The van der Waals surface area contributed by atoms with Crippen LogP contribution in [0.1, 0.15) is 6.92 Å². The second-order valence-electron chi connectivity index (χ2n) is 7.25. The molecule has 0 aliphatic carbocycles. The first kappa shape index (κ1) is 26.6. The van der Waals surface area contributed by atoms with Gasteiger partial charge in [-0.1, -0.05) is 31.2 Å². The first-order valence-corrected chi connectivity index (χ1v) is 12.3. The van der Waals surface area contributed by atoms with Crippen LogP contribution < -0.4 is 14.8 Å². The lowest BCUT2D eigenvalue weighted by Crippen LogP contribution is -2.39. The summed E-state index contributed by atoms with van der Waals surface area (Å²) in [4.78, 5) is 21.6. The van der Waals surface area contributed by atoms with Crippen molar-refractivity contribution in [3.63, 3.8) is 0 Å². The number of hydrogen-bond donors (Lipinski definition) is 3. The zero-order valence-corrected chi connectivity index (χ0v) is 20.2. The van der Waals surface area contributed by atoms with E-state index in [4.69, 9.17) is 19.7 Å². The highest BCUT2D eigenvalue weighted by molar-refractivity contribution is 7.99. The second kappa shape index (κ2) is 14.5. The fourth-order valence-corrected chi connectivity index (χ4v) is 4.86. The Morgan fingerprint density at radius 3 is 2.55 bits per heavy atom. The Bertz CT molecular complexity index is 894. The molecule has 0 radical (unpaired) electrons. The predicted octanol–water partition coefficient (Wildman–Crippen LogP) is 4.28. The normalized spacial score (nSPS) is 15.9. The summed E-state index contributed by atoms with van der Waals surface area (Å²) in [5.41, 5.74) is 0. The van der Waals surface area contributed by atoms with Crippen LogP contribution >= 0.6 is 23.5 Å². The molecule has 0 aromatic heterocycles. The number of thioether (sulfide) groups is 2. The van der Waals surface area contributed by atoms with Crippen molar-refractivity contribution in [3.8, 4) is 11.5 Å². The minimum atomic E-state index is -1.26. The molecular weight excluding hydrogens is 462 g/mol. The lowest BCUT2D eigenvalue weighted by atomic mass is 10.2. The van der Waals surface area contributed by atoms with E-state index < -0.39 is 11.9 Å². The summed E-state index contributed by atoms with van der Waals surface area (Å²) in [6.45, 7) is 4.01. The first-order chi connectivity index (χ1) is 15.9. The molecule has 0 fully saturated rings. The first-order valence-electron chi connectivity index (χ1n) is 10.4. The largest absolute Gasteiger partial charge is 0.496 e. The number of benzene rings is 2. The van der Waals surface area contributed by atoms with E-state index in [0.717, 1.165) is 36.2 Å². The standard InChI is InChI=1S/C20H25NO2S2.C4H4O4/c1-15(13-24-19-9-5-3-7-17(19)22-2)11-21-16-12-23-18-8-4-6-10-20(18)25-14-16;5-3(6)1-2-4(7)8/h3-10,15-16,21H,11-14H2,1-2H3;1-2H,(H,5,6)(H,7,8)/b;2-1+/t15-,16+;/m1./s1. The van der Waals surface area contributed by atoms with Gasteiger partial charge in [0.1, 0.15) is 18.1 Å². The van der Waals surface area contributed by atoms with Gasteiger partial charge in [-0.15, -0.1) is 23.5 Å². The summed E-state index contributed by atoms with van der Waals surface area (Å²) in [6, 6.07) is 16.9. The van der Waals surface area contributed by atoms with Gasteiger partial charge in [0, 0.05) is 33.4 Å². The molecule has 1 heterocycles. The number of carboxylic acids is 2. The Balaban J connectivity index is 0.000000414. The average Bonchev–Trinajstić information content (AvgIpc) is 3.03. The molecule has 1 aliphatic heterocycles. The number of carboxylic acid groups (broad SMARTS) is 2. The Morgan fingerprint density at radius 2 is 1.85 bits per heavy atom. The van der Waals surface area contributed by atoms with E-state index >= 15 is 0 Å². The van der Waals surface area contributed by atoms with Crippen molar-refractivity contribution in [2.24, 2.45) is 5.92 Å². The highest BCUT2D eigenvalue weighted by Gasteiger charge is 2.18. The summed E-state index contributed by atoms with van der Waals surface area (Å²) in [7, 11) is 1.73. The van der Waals surface area contributed by atoms with Crippen LogP contribution in [-0.4, -0.2) is 60.0 Å². The number of carbonyl (C=O) groups is 2. The molecule has 0 unspecified atom stereocenters. The Labute approximate surface area is 202 Å². The van der Waals surface area contributed by atoms with Gasteiger partial charge in [0.2, 0.25) is 0 Å². The number of para-hydroxylation sites is 2. The number of rotatable bonds is 9. The lowest BCUT2D eigenvalue weighted by molar-refractivity contribution is -0.134. The summed E-state index contributed by atoms with van der Waals surface area (Å²) >= 11 is 3.73. The number of methoxy groups -OCH3 is 1. The van der Waals surface area contributed by atoms with Crippen LogP contribution in [0, 0.1) is 5.92 Å². The number of hydrogen-bond acceptors (Lipinski definition) is 7. The van der Waals surface area contributed by atoms with Crippen LogP contribution in [0.4, 0.5) is 0 Å². The van der Waals surface area contributed by atoms with Crippen molar-refractivity contribution in [2.75, 3.05) is 31.8 Å². The Hall–Kier alpha value is -2.62. The summed E-state index contributed by atoms with van der Waals surface area (Å²) in [5, 5.41) is 19.3. The minimum absolute atomic E-state index is 0.385. The van der Waals surface area contributed by atoms with Crippen LogP contribution in [0.2, 0.25) is 0 Å². The fourth-order valence-electron chi connectivity index (χ4n) is 2.77. The van der Waals surface area contributed by atoms with Gasteiger partial charge in [-0.3, -0.25) is 0 Å². The zero-order valence-electron chi connectivity index (χ0n) is 18.6. The molecule has 0 amide bonds. The highest BCUT2D eigenvalue weighted by Crippen LogP contribution is 2.32. The third kappa shape index (κ3) is 10.2. The highest BCUT2D eigenvalue weighted by atomic mass is 32.2. The van der Waals surface area contributed by atoms with Crippen LogP contribution in [0.5, 0.6) is 11.5 Å². The SMILES string of the molecule is COc1ccccc1SC[C@H](C)CN[C@H]1COc2ccccc2SC1.O=C(O)/C=C/C(=O)O. The molecule has 9 heteroatoms. The van der Waals surface area contributed by atoms with Crippen molar-refractivity contribution in [2.45, 2.75) is 22.8 Å². The maximum absolute atomic E-state index is 9.55. The number of aliphatic carboxylic acids is 2. The molecule has 0 saturated carbocycles. The van der Waals surface area contributed by atoms with Crippen molar-refractivity contribution >= 4 is 35.5 Å². The van der Waals surface area contributed by atoms with Gasteiger partial charge < -0.3 is 25.0 Å². The quantitative estimate of drug-likeness (QED) is 0.350. The summed E-state index contributed by atoms with van der Waals surface area (Å²) in [6.07, 6.45) is 1.12. The maximum atomic E-state index is 9.55. The number of nitrogens with one attached hydrogen (secondary N) is 1. The molecule has 7 nitrogen and oxygen atoms in total. The fraction of sp³-hybridized carbons (Fsp3) is 0.333. The zero-order chi connectivity index (χ0) is 24.1. The van der Waals surface area contributed by atoms with Gasteiger partial charge in [0.15, 0.2) is 0 Å². The molecule has 3 rings (SSSR count). The summed E-state index contributed by atoms with van der Waals surface area (Å²) < 4.78 is 11.4. The van der Waals surface area contributed by atoms with E-state index in [2.05, 4.69) is 42.6 Å². The average molecular weight is 492 g/mol. The van der Waals surface area contributed by atoms with Crippen molar-refractivity contribution in [3.05, 3.63) is 60.7 Å². The summed E-state index contributed by atoms with van der Waals surface area (Å²) in [5.74, 6) is 2.14. The second-order valence-corrected chi connectivity index (χ2v) is 9.37. The van der Waals surface area contributed by atoms with Crippen molar-refractivity contribution in [1.82, 2.24) is 5.32 Å². The smallest absolute Gasteiger partial charge is 0.328 e. The molecule has 0 saturated heterocycles. The molecule has 1 aliphatic rings. The molecule has 2 atom stereocenters. The van der Waals surface area contributed by atoms with E-state index in [1.807, 2.05) is 41.7 Å². The predicted molar refractivity (Wildman–Crippen MR) is 132 cm³/mol. The minimum Gasteiger partial charge on any atom is -0.496 e. The van der Waals surface area contributed by atoms with E-state index in [0.29, 0.717) is 24.1 Å². The number of fused-ring (bicyclic) bond motifs is 1. The molecular formula is C24H29NO6S2. The molecule has 3 N–H and O–H groups in total. The van der Waals surface area contributed by atoms with Crippen LogP contribution in [0.3, 0.4) is 0 Å². The third-order valence-corrected chi connectivity index (χ3v) is 7.05. The lowest BCUT2D eigenvalue weighted by Gasteiger charge is -2.19. The maximum Gasteiger partial charge on any atom is 0.328 e. The van der Waals surface area contributed by atoms with Gasteiger partial charge in [-0.2, -0.15) is 0 Å². The van der Waals surface area contributed by atoms with E-state index in [1.165, 1.54) is 9.79 Å². The molecule has 178 valence electrons. The van der Waals surface area contributed by atoms with Gasteiger partial charge in [-0.05, 0) is 36.7 Å². The molecule has 0 bridgehead atoms. The Morgan fingerprint density at radius 1 is 1.18 bits per heavy atom. The van der Waals surface area contributed by atoms with Gasteiger partial charge in [0.25, 0.3) is 0 Å². The van der Waals surface area contributed by atoms with Gasteiger partial charge >= 0.3 is 11.9 Å². The molecule has 2 aromatic carbocycles. The number of ether oxygens (including phenoxy) is 2. The van der Waals surface area contributed by atoms with Gasteiger partial charge in [-0.25, -0.2) is 9.59 Å². The topological polar surface area (TPSA) is 105 Å².